The minimum absolute atomic E-state index is 0.00468. The van der Waals surface area contributed by atoms with E-state index in [1.807, 2.05) is 45.0 Å². The molecule has 2 aliphatic heterocycles. The van der Waals surface area contributed by atoms with E-state index in [0.29, 0.717) is 23.6 Å². The van der Waals surface area contributed by atoms with Crippen LogP contribution in [0, 0.1) is 5.92 Å². The summed E-state index contributed by atoms with van der Waals surface area (Å²) in [4.78, 5) is 23.8. The van der Waals surface area contributed by atoms with Crippen LogP contribution in [0.2, 0.25) is 5.02 Å². The standard InChI is InChI=1S/C27H37ClN2O5.C3H8.C2H6.CH4O/c1-17(14-19-10-11-21(28)23(15-19)33-5)8-6-7-9-20-16-22(34-26(32)30-20)18(2)25-27(3,35-25)13-12-24(31)29-4;1-3-2;2*1-2/h6-8,10-11,15,18,20,22,25H,9,12-14,16H2,1-5H3,(H,29,31)(H,30,32);3H2,1-2H3;1-2H3;2H,1H3/b7-6+,17-8+;;;/t18-,20?,22?,25?,27?;;;/m1.../s1. The fourth-order valence-electron chi connectivity index (χ4n) is 4.68. The Bertz CT molecular complexity index is 999. The minimum atomic E-state index is -0.386. The van der Waals surface area contributed by atoms with Crippen molar-refractivity contribution < 1.29 is 28.9 Å². The molecule has 9 heteroatoms. The molecule has 2 aliphatic rings. The third-order valence-corrected chi connectivity index (χ3v) is 7.18. The second kappa shape index (κ2) is 21.2. The van der Waals surface area contributed by atoms with Gasteiger partial charge in [-0.2, -0.15) is 0 Å². The Hall–Kier alpha value is -2.55. The van der Waals surface area contributed by atoms with Gasteiger partial charge in [-0.25, -0.2) is 4.79 Å². The fourth-order valence-corrected chi connectivity index (χ4v) is 4.87. The van der Waals surface area contributed by atoms with Crippen molar-refractivity contribution in [1.29, 1.82) is 0 Å². The number of hydrogen-bond acceptors (Lipinski definition) is 6. The van der Waals surface area contributed by atoms with E-state index < -0.39 is 0 Å². The van der Waals surface area contributed by atoms with Gasteiger partial charge >= 0.3 is 6.09 Å². The first-order valence-corrected chi connectivity index (χ1v) is 15.4. The molecule has 2 fully saturated rings. The maximum atomic E-state index is 12.2. The maximum Gasteiger partial charge on any atom is 0.407 e. The monoisotopic (exact) mass is 610 g/mol. The third-order valence-electron chi connectivity index (χ3n) is 6.87. The first-order chi connectivity index (χ1) is 20.1. The second-order valence-corrected chi connectivity index (χ2v) is 10.8. The summed E-state index contributed by atoms with van der Waals surface area (Å²) in [6.07, 6.45) is 10.1. The van der Waals surface area contributed by atoms with Crippen LogP contribution in [0.25, 0.3) is 0 Å². The summed E-state index contributed by atoms with van der Waals surface area (Å²) in [6.45, 7) is 14.4. The van der Waals surface area contributed by atoms with E-state index in [-0.39, 0.29) is 41.8 Å². The van der Waals surface area contributed by atoms with Crippen LogP contribution in [0.1, 0.15) is 86.1 Å². The van der Waals surface area contributed by atoms with Gasteiger partial charge in [-0.15, -0.1) is 0 Å². The van der Waals surface area contributed by atoms with Crippen LogP contribution in [0.15, 0.2) is 42.0 Å². The summed E-state index contributed by atoms with van der Waals surface area (Å²) in [5, 5.41) is 13.2. The van der Waals surface area contributed by atoms with Gasteiger partial charge in [0.05, 0.1) is 23.8 Å². The van der Waals surface area contributed by atoms with E-state index in [2.05, 4.69) is 50.5 Å². The van der Waals surface area contributed by atoms with E-state index in [1.54, 1.807) is 14.2 Å². The molecule has 2 heterocycles. The van der Waals surface area contributed by atoms with Gasteiger partial charge in [-0.3, -0.25) is 4.79 Å². The molecule has 4 unspecified atom stereocenters. The Balaban J connectivity index is 0.00000221. The number of nitrogens with one attached hydrogen (secondary N) is 2. The normalized spacial score (nSPS) is 23.4. The number of allylic oxidation sites excluding steroid dienone is 3. The molecule has 240 valence electrons. The number of aliphatic hydroxyl groups excluding tert-OH is 1. The van der Waals surface area contributed by atoms with Gasteiger partial charge in [0.1, 0.15) is 11.9 Å². The van der Waals surface area contributed by atoms with Crippen molar-refractivity contribution in [2.75, 3.05) is 21.3 Å². The van der Waals surface area contributed by atoms with E-state index in [4.69, 9.17) is 30.9 Å². The van der Waals surface area contributed by atoms with Crippen molar-refractivity contribution >= 4 is 23.6 Å². The number of carbonyl (C=O) groups excluding carboxylic acids is 2. The number of epoxide rings is 1. The molecular weight excluding hydrogens is 556 g/mol. The first kappa shape index (κ1) is 39.5. The number of rotatable bonds is 11. The second-order valence-electron chi connectivity index (χ2n) is 10.4. The van der Waals surface area contributed by atoms with Crippen LogP contribution >= 0.6 is 11.6 Å². The first-order valence-electron chi connectivity index (χ1n) is 15.0. The quantitative estimate of drug-likeness (QED) is 0.183. The van der Waals surface area contributed by atoms with E-state index in [0.717, 1.165) is 31.9 Å². The van der Waals surface area contributed by atoms with Gasteiger partial charge in [0, 0.05) is 39.0 Å². The number of alkyl carbamates (subject to hydrolysis) is 1. The lowest BCUT2D eigenvalue weighted by Crippen LogP contribution is -2.48. The third kappa shape index (κ3) is 13.6. The van der Waals surface area contributed by atoms with Crippen LogP contribution in [-0.4, -0.2) is 62.2 Å². The summed E-state index contributed by atoms with van der Waals surface area (Å²) < 4.78 is 16.8. The number of cyclic esters (lactones) is 1. The van der Waals surface area contributed by atoms with Gasteiger partial charge in [-0.05, 0) is 50.8 Å². The smallest absolute Gasteiger partial charge is 0.407 e. The van der Waals surface area contributed by atoms with Crippen molar-refractivity contribution in [2.45, 2.75) is 111 Å². The molecule has 0 spiro atoms. The summed E-state index contributed by atoms with van der Waals surface area (Å²) in [5.41, 5.74) is 2.00. The molecule has 0 radical (unpaired) electrons. The lowest BCUT2D eigenvalue weighted by molar-refractivity contribution is -0.120. The van der Waals surface area contributed by atoms with Gasteiger partial charge in [0.25, 0.3) is 0 Å². The molecule has 0 aromatic heterocycles. The number of amides is 2. The van der Waals surface area contributed by atoms with Crippen molar-refractivity contribution in [3.8, 4) is 5.75 Å². The highest BCUT2D eigenvalue weighted by molar-refractivity contribution is 6.32. The van der Waals surface area contributed by atoms with Crippen LogP contribution in [-0.2, 0) is 20.7 Å². The van der Waals surface area contributed by atoms with Crippen molar-refractivity contribution in [3.63, 3.8) is 0 Å². The molecular formula is C33H55ClN2O6. The highest BCUT2D eigenvalue weighted by atomic mass is 35.5. The summed E-state index contributed by atoms with van der Waals surface area (Å²) in [6, 6.07) is 5.80. The zero-order chi connectivity index (χ0) is 32.3. The van der Waals surface area contributed by atoms with E-state index in [9.17, 15) is 9.59 Å². The maximum absolute atomic E-state index is 12.2. The molecule has 5 atom stereocenters. The fraction of sp³-hybridized carbons (Fsp3) is 0.636. The molecule has 0 saturated carbocycles. The average Bonchev–Trinajstić information content (AvgIpc) is 3.68. The van der Waals surface area contributed by atoms with Crippen LogP contribution in [0.5, 0.6) is 5.75 Å². The molecule has 3 N–H and O–H groups in total. The summed E-state index contributed by atoms with van der Waals surface area (Å²) in [5.74, 6) is 0.737. The highest BCUT2D eigenvalue weighted by Gasteiger charge is 2.57. The lowest BCUT2D eigenvalue weighted by Gasteiger charge is -2.33. The van der Waals surface area contributed by atoms with Gasteiger partial charge in [-0.1, -0.05) is 82.5 Å². The SMILES string of the molecule is CC.CCC.CNC(=O)CCC1(C)OC1[C@H](C)C1CC(C/C=C/C=C(\C)Cc2ccc(Cl)c(OC)c2)NC(=O)O1.CO. The molecule has 2 saturated heterocycles. The van der Waals surface area contributed by atoms with Crippen molar-refractivity contribution in [2.24, 2.45) is 5.92 Å². The Kier molecular flexibility index (Phi) is 19.9. The van der Waals surface area contributed by atoms with E-state index in [1.165, 1.54) is 12.0 Å². The number of carbonyl (C=O) groups is 2. The molecule has 0 bridgehead atoms. The number of methoxy groups -OCH3 is 1. The van der Waals surface area contributed by atoms with E-state index >= 15 is 0 Å². The Morgan fingerprint density at radius 2 is 1.95 bits per heavy atom. The van der Waals surface area contributed by atoms with Gasteiger partial charge in [0.15, 0.2) is 0 Å². The number of benzene rings is 1. The molecule has 8 nitrogen and oxygen atoms in total. The van der Waals surface area contributed by atoms with Gasteiger partial charge < -0.3 is 30.0 Å². The number of ether oxygens (including phenoxy) is 3. The Morgan fingerprint density at radius 1 is 1.31 bits per heavy atom. The molecule has 3 rings (SSSR count). The van der Waals surface area contributed by atoms with Crippen molar-refractivity contribution in [3.05, 3.63) is 52.6 Å². The van der Waals surface area contributed by atoms with Gasteiger partial charge in [0.2, 0.25) is 5.91 Å². The zero-order valence-corrected chi connectivity index (χ0v) is 28.1. The lowest BCUT2D eigenvalue weighted by atomic mass is 9.86. The molecule has 1 aromatic rings. The topological polar surface area (TPSA) is 109 Å². The zero-order valence-electron chi connectivity index (χ0n) is 27.4. The molecule has 0 aliphatic carbocycles. The molecule has 42 heavy (non-hydrogen) atoms. The molecule has 2 amide bonds. The summed E-state index contributed by atoms with van der Waals surface area (Å²) in [7, 11) is 4.25. The number of aliphatic hydroxyl groups is 1. The predicted molar refractivity (Wildman–Crippen MR) is 172 cm³/mol. The number of halogens is 1. The van der Waals surface area contributed by atoms with Crippen LogP contribution in [0.3, 0.4) is 0 Å². The highest BCUT2D eigenvalue weighted by Crippen LogP contribution is 2.46. The largest absolute Gasteiger partial charge is 0.495 e. The van der Waals surface area contributed by atoms with Crippen LogP contribution < -0.4 is 15.4 Å². The Labute approximate surface area is 259 Å². The minimum Gasteiger partial charge on any atom is -0.495 e. The molecule has 1 aromatic carbocycles. The summed E-state index contributed by atoms with van der Waals surface area (Å²) >= 11 is 6.10. The Morgan fingerprint density at radius 3 is 2.55 bits per heavy atom. The van der Waals surface area contributed by atoms with Crippen LogP contribution in [0.4, 0.5) is 4.79 Å². The predicted octanol–water partition coefficient (Wildman–Crippen LogP) is 7.02. The van der Waals surface area contributed by atoms with Crippen molar-refractivity contribution in [1.82, 2.24) is 10.6 Å². The number of hydrogen-bond donors (Lipinski definition) is 3. The average molecular weight is 611 g/mol.